The number of hydrogen-bond donors (Lipinski definition) is 1. The second-order valence-electron chi connectivity index (χ2n) is 9.46. The Morgan fingerprint density at radius 1 is 1.00 bits per heavy atom. The van der Waals surface area contributed by atoms with Crippen molar-refractivity contribution in [1.29, 1.82) is 0 Å². The summed E-state index contributed by atoms with van der Waals surface area (Å²) in [6.07, 6.45) is 5.23. The number of benzene rings is 2. The Kier molecular flexibility index (Phi) is 8.26. The van der Waals surface area contributed by atoms with Crippen molar-refractivity contribution >= 4 is 46.1 Å². The average Bonchev–Trinajstić information content (AvgIpc) is 3.44. The van der Waals surface area contributed by atoms with Gasteiger partial charge in [0.15, 0.2) is 6.61 Å². The Labute approximate surface area is 226 Å². The molecule has 7 nitrogen and oxygen atoms in total. The number of aromatic nitrogens is 1. The van der Waals surface area contributed by atoms with Crippen molar-refractivity contribution in [2.45, 2.75) is 38.0 Å². The van der Waals surface area contributed by atoms with Crippen LogP contribution in [-0.2, 0) is 4.79 Å². The molecule has 0 unspecified atom stereocenters. The lowest BCUT2D eigenvalue weighted by atomic mass is 9.97. The fourth-order valence-corrected chi connectivity index (χ4v) is 6.09. The summed E-state index contributed by atoms with van der Waals surface area (Å²) in [5, 5.41) is 6.36. The van der Waals surface area contributed by atoms with E-state index in [1.165, 1.54) is 30.6 Å². The molecule has 3 heterocycles. The first-order valence-corrected chi connectivity index (χ1v) is 14.1. The summed E-state index contributed by atoms with van der Waals surface area (Å²) in [5.74, 6) is 0.515. The largest absolute Gasteiger partial charge is 0.482 e. The molecule has 194 valence electrons. The highest BCUT2D eigenvalue weighted by molar-refractivity contribution is 7.10. The van der Waals surface area contributed by atoms with E-state index in [0.717, 1.165) is 42.3 Å². The molecule has 0 bridgehead atoms. The third-order valence-electron chi connectivity index (χ3n) is 6.99. The zero-order chi connectivity index (χ0) is 25.6. The van der Waals surface area contributed by atoms with E-state index >= 15 is 0 Å². The van der Waals surface area contributed by atoms with Crippen LogP contribution in [0, 0.1) is 0 Å². The van der Waals surface area contributed by atoms with Gasteiger partial charge in [-0.05, 0) is 56.4 Å². The summed E-state index contributed by atoms with van der Waals surface area (Å²) in [6.45, 7) is 3.27. The number of ether oxygens (including phenoxy) is 1. The number of piperidine rings is 2. The number of para-hydroxylation sites is 3. The number of hydrogen-bond acceptors (Lipinski definition) is 6. The molecule has 0 spiro atoms. The predicted molar refractivity (Wildman–Crippen MR) is 148 cm³/mol. The monoisotopic (exact) mass is 538 g/mol. The third-order valence-corrected chi connectivity index (χ3v) is 8.31. The quantitative estimate of drug-likeness (QED) is 0.410. The van der Waals surface area contributed by atoms with Gasteiger partial charge in [0.2, 0.25) is 0 Å². The summed E-state index contributed by atoms with van der Waals surface area (Å²) in [7, 11) is 0. The lowest BCUT2D eigenvalue weighted by molar-refractivity contribution is -0.134. The van der Waals surface area contributed by atoms with Crippen LogP contribution < -0.4 is 15.0 Å². The number of carbonyl (C=O) groups is 2. The molecule has 9 heteroatoms. The zero-order valence-corrected chi connectivity index (χ0v) is 22.3. The van der Waals surface area contributed by atoms with E-state index in [0.29, 0.717) is 29.6 Å². The van der Waals surface area contributed by atoms with Gasteiger partial charge >= 0.3 is 0 Å². The number of nitrogens with zero attached hydrogens (tertiary/aromatic N) is 3. The van der Waals surface area contributed by atoms with Crippen LogP contribution in [0.2, 0.25) is 5.02 Å². The van der Waals surface area contributed by atoms with Gasteiger partial charge in [0, 0.05) is 37.5 Å². The Hall–Kier alpha value is -3.10. The molecule has 2 aliphatic rings. The van der Waals surface area contributed by atoms with Crippen LogP contribution in [-0.4, -0.2) is 54.5 Å². The fraction of sp³-hybridized carbons (Fsp3) is 0.393. The highest BCUT2D eigenvalue weighted by Crippen LogP contribution is 2.32. The molecule has 1 aromatic heterocycles. The highest BCUT2D eigenvalue weighted by Gasteiger charge is 2.27. The topological polar surface area (TPSA) is 74.8 Å². The molecule has 2 aromatic carbocycles. The van der Waals surface area contributed by atoms with Crippen LogP contribution in [0.15, 0.2) is 53.9 Å². The summed E-state index contributed by atoms with van der Waals surface area (Å²) in [6, 6.07) is 15.1. The first-order chi connectivity index (χ1) is 18.1. The number of amides is 2. The van der Waals surface area contributed by atoms with Gasteiger partial charge in [0.05, 0.1) is 21.4 Å². The molecule has 0 saturated carbocycles. The standard InChI is InChI=1S/C28H31ClN4O3S/c29-21-8-2-5-11-25(21)36-18-26(34)33-16-12-20(13-17-33)28-31-23(19-37-28)27(35)30-22-9-3-4-10-24(22)32-14-6-1-7-15-32/h2-5,8-11,19-20H,1,6-7,12-18H2,(H,30,35). The zero-order valence-electron chi connectivity index (χ0n) is 20.7. The van der Waals surface area contributed by atoms with Gasteiger partial charge in [-0.3, -0.25) is 9.59 Å². The number of rotatable bonds is 7. The van der Waals surface area contributed by atoms with Crippen LogP contribution in [0.4, 0.5) is 11.4 Å². The maximum absolute atomic E-state index is 13.0. The maximum atomic E-state index is 13.0. The number of likely N-dealkylation sites (tertiary alicyclic amines) is 1. The molecular weight excluding hydrogens is 508 g/mol. The van der Waals surface area contributed by atoms with Gasteiger partial charge in [-0.2, -0.15) is 0 Å². The second kappa shape index (κ2) is 12.0. The predicted octanol–water partition coefficient (Wildman–Crippen LogP) is 5.82. The smallest absolute Gasteiger partial charge is 0.275 e. The van der Waals surface area contributed by atoms with E-state index in [4.69, 9.17) is 16.3 Å². The Bertz CT molecular complexity index is 1240. The molecule has 3 aromatic rings. The molecule has 0 aliphatic carbocycles. The SMILES string of the molecule is O=C(Nc1ccccc1N1CCCCC1)c1csc(C2CCN(C(=O)COc3ccccc3Cl)CC2)n1. The van der Waals surface area contributed by atoms with Crippen LogP contribution in [0.1, 0.15) is 53.5 Å². The molecule has 1 N–H and O–H groups in total. The minimum atomic E-state index is -0.184. The van der Waals surface area contributed by atoms with Gasteiger partial charge in [0.25, 0.3) is 11.8 Å². The van der Waals surface area contributed by atoms with E-state index in [2.05, 4.69) is 21.3 Å². The summed E-state index contributed by atoms with van der Waals surface area (Å²) >= 11 is 7.63. The first kappa shape index (κ1) is 25.5. The van der Waals surface area contributed by atoms with Crippen molar-refractivity contribution in [2.75, 3.05) is 43.0 Å². The van der Waals surface area contributed by atoms with Gasteiger partial charge in [0.1, 0.15) is 11.4 Å². The third kappa shape index (κ3) is 6.25. The van der Waals surface area contributed by atoms with Crippen molar-refractivity contribution in [1.82, 2.24) is 9.88 Å². The van der Waals surface area contributed by atoms with E-state index in [1.54, 1.807) is 12.1 Å². The summed E-state index contributed by atoms with van der Waals surface area (Å²) < 4.78 is 5.61. The number of thiazole rings is 1. The maximum Gasteiger partial charge on any atom is 0.275 e. The Morgan fingerprint density at radius 3 is 2.51 bits per heavy atom. The number of halogens is 1. The number of nitrogens with one attached hydrogen (secondary N) is 1. The molecule has 2 amide bonds. The van der Waals surface area contributed by atoms with E-state index in [9.17, 15) is 9.59 Å². The Morgan fingerprint density at radius 2 is 1.73 bits per heavy atom. The summed E-state index contributed by atoms with van der Waals surface area (Å²) in [4.78, 5) is 34.5. The minimum Gasteiger partial charge on any atom is -0.482 e. The summed E-state index contributed by atoms with van der Waals surface area (Å²) in [5.41, 5.74) is 2.34. The Balaban J connectivity index is 1.14. The second-order valence-corrected chi connectivity index (χ2v) is 10.8. The molecule has 0 atom stereocenters. The van der Waals surface area contributed by atoms with Crippen LogP contribution in [0.5, 0.6) is 5.75 Å². The lowest BCUT2D eigenvalue weighted by Gasteiger charge is -2.31. The molecule has 0 radical (unpaired) electrons. The molecule has 2 aliphatic heterocycles. The van der Waals surface area contributed by atoms with Crippen LogP contribution in [0.25, 0.3) is 0 Å². The lowest BCUT2D eigenvalue weighted by Crippen LogP contribution is -2.40. The van der Waals surface area contributed by atoms with E-state index in [1.807, 2.05) is 40.6 Å². The van der Waals surface area contributed by atoms with Gasteiger partial charge in [-0.15, -0.1) is 11.3 Å². The molecule has 2 fully saturated rings. The number of anilines is 2. The average molecular weight is 539 g/mol. The normalized spacial score (nSPS) is 16.5. The van der Waals surface area contributed by atoms with Crippen LogP contribution in [0.3, 0.4) is 0 Å². The van der Waals surface area contributed by atoms with Crippen molar-refractivity contribution < 1.29 is 14.3 Å². The molecule has 37 heavy (non-hydrogen) atoms. The van der Waals surface area contributed by atoms with Gasteiger partial charge in [-0.25, -0.2) is 4.98 Å². The minimum absolute atomic E-state index is 0.0329. The fourth-order valence-electron chi connectivity index (χ4n) is 4.92. The van der Waals surface area contributed by atoms with E-state index < -0.39 is 0 Å². The highest BCUT2D eigenvalue weighted by atomic mass is 35.5. The van der Waals surface area contributed by atoms with Crippen molar-refractivity contribution in [3.8, 4) is 5.75 Å². The van der Waals surface area contributed by atoms with Gasteiger partial charge in [-0.1, -0.05) is 35.9 Å². The van der Waals surface area contributed by atoms with Crippen molar-refractivity contribution in [3.63, 3.8) is 0 Å². The molecule has 5 rings (SSSR count). The first-order valence-electron chi connectivity index (χ1n) is 12.8. The van der Waals surface area contributed by atoms with Gasteiger partial charge < -0.3 is 19.9 Å². The van der Waals surface area contributed by atoms with Crippen molar-refractivity contribution in [3.05, 3.63) is 69.6 Å². The molecular formula is C28H31ClN4O3S. The van der Waals surface area contributed by atoms with E-state index in [-0.39, 0.29) is 24.3 Å². The number of carbonyl (C=O) groups excluding carboxylic acids is 2. The van der Waals surface area contributed by atoms with Crippen LogP contribution >= 0.6 is 22.9 Å². The van der Waals surface area contributed by atoms with Crippen molar-refractivity contribution in [2.24, 2.45) is 0 Å². The molecule has 2 saturated heterocycles.